The Bertz CT molecular complexity index is 655. The van der Waals surface area contributed by atoms with Gasteiger partial charge in [0.1, 0.15) is 0 Å². The van der Waals surface area contributed by atoms with Gasteiger partial charge in [0.25, 0.3) is 0 Å². The van der Waals surface area contributed by atoms with Crippen molar-refractivity contribution in [3.63, 3.8) is 0 Å². The average Bonchev–Trinajstić information content (AvgIpc) is 3.37. The lowest BCUT2D eigenvalue weighted by molar-refractivity contribution is -0.127. The number of carbonyl (C=O) groups is 1. The third-order valence-electron chi connectivity index (χ3n) is 5.71. The molecule has 1 aromatic carbocycles. The van der Waals surface area contributed by atoms with Gasteiger partial charge in [0.15, 0.2) is 11.5 Å². The molecule has 2 unspecified atom stereocenters. The van der Waals surface area contributed by atoms with Gasteiger partial charge in [-0.25, -0.2) is 0 Å². The number of fused-ring (bicyclic) bond motifs is 1. The van der Waals surface area contributed by atoms with E-state index in [0.29, 0.717) is 13.3 Å². The zero-order valence-electron chi connectivity index (χ0n) is 16.0. The van der Waals surface area contributed by atoms with E-state index in [2.05, 4.69) is 27.2 Å². The second-order valence-corrected chi connectivity index (χ2v) is 7.56. The van der Waals surface area contributed by atoms with Crippen LogP contribution in [-0.2, 0) is 16.1 Å². The summed E-state index contributed by atoms with van der Waals surface area (Å²) in [6, 6.07) is 6.05. The lowest BCUT2D eigenvalue weighted by Crippen LogP contribution is -2.54. The second kappa shape index (κ2) is 8.46. The number of benzene rings is 1. The van der Waals surface area contributed by atoms with Crippen LogP contribution in [0.1, 0.15) is 25.3 Å². The van der Waals surface area contributed by atoms with E-state index < -0.39 is 0 Å². The molecule has 7 heteroatoms. The number of rotatable bonds is 6. The van der Waals surface area contributed by atoms with E-state index in [1.807, 2.05) is 13.0 Å². The molecular weight excluding hydrogens is 346 g/mol. The molecule has 0 bridgehead atoms. The molecule has 0 saturated carbocycles. The summed E-state index contributed by atoms with van der Waals surface area (Å²) in [5.74, 6) is 1.77. The van der Waals surface area contributed by atoms with Gasteiger partial charge in [0.05, 0.1) is 12.1 Å². The van der Waals surface area contributed by atoms with E-state index in [4.69, 9.17) is 14.2 Å². The Morgan fingerprint density at radius 3 is 2.81 bits per heavy atom. The van der Waals surface area contributed by atoms with Gasteiger partial charge in [-0.3, -0.25) is 14.6 Å². The fourth-order valence-electron chi connectivity index (χ4n) is 3.94. The van der Waals surface area contributed by atoms with Crippen molar-refractivity contribution in [2.24, 2.45) is 0 Å². The zero-order valence-corrected chi connectivity index (χ0v) is 16.0. The first kappa shape index (κ1) is 18.5. The molecule has 148 valence electrons. The summed E-state index contributed by atoms with van der Waals surface area (Å²) in [4.78, 5) is 17.1. The van der Waals surface area contributed by atoms with Crippen LogP contribution in [-0.4, -0.2) is 74.0 Å². The lowest BCUT2D eigenvalue weighted by atomic mass is 10.1. The molecule has 27 heavy (non-hydrogen) atoms. The van der Waals surface area contributed by atoms with Crippen molar-refractivity contribution in [1.82, 2.24) is 15.1 Å². The standard InChI is InChI=1S/C20H29N3O4/c1-15(20(24)21-12-17-3-2-10-25-17)23-8-6-22(7-9-23)13-16-4-5-18-19(11-16)27-14-26-18/h4-5,11,15,17H,2-3,6-10,12-14H2,1H3,(H,21,24). The molecule has 2 fully saturated rings. The molecule has 3 aliphatic heterocycles. The minimum atomic E-state index is -0.0981. The van der Waals surface area contributed by atoms with E-state index >= 15 is 0 Å². The van der Waals surface area contributed by atoms with Gasteiger partial charge < -0.3 is 19.5 Å². The van der Waals surface area contributed by atoms with Gasteiger partial charge in [-0.05, 0) is 37.5 Å². The summed E-state index contributed by atoms with van der Waals surface area (Å²) in [6.07, 6.45) is 2.34. The molecule has 4 rings (SSSR count). The van der Waals surface area contributed by atoms with Crippen molar-refractivity contribution in [3.8, 4) is 11.5 Å². The molecule has 2 atom stereocenters. The third kappa shape index (κ3) is 4.54. The molecule has 7 nitrogen and oxygen atoms in total. The Morgan fingerprint density at radius 1 is 1.22 bits per heavy atom. The van der Waals surface area contributed by atoms with E-state index in [0.717, 1.165) is 63.7 Å². The van der Waals surface area contributed by atoms with Crippen LogP contribution in [0.5, 0.6) is 11.5 Å². The molecule has 0 aromatic heterocycles. The second-order valence-electron chi connectivity index (χ2n) is 7.56. The Morgan fingerprint density at radius 2 is 2.04 bits per heavy atom. The Labute approximate surface area is 160 Å². The number of nitrogens with zero attached hydrogens (tertiary/aromatic N) is 2. The number of carbonyl (C=O) groups excluding carboxylic acids is 1. The van der Waals surface area contributed by atoms with Gasteiger partial charge >= 0.3 is 0 Å². The van der Waals surface area contributed by atoms with Crippen LogP contribution in [0.25, 0.3) is 0 Å². The first-order valence-electron chi connectivity index (χ1n) is 9.93. The minimum Gasteiger partial charge on any atom is -0.454 e. The molecule has 1 N–H and O–H groups in total. The van der Waals surface area contributed by atoms with Crippen LogP contribution in [0.3, 0.4) is 0 Å². The highest BCUT2D eigenvalue weighted by atomic mass is 16.7. The summed E-state index contributed by atoms with van der Waals surface area (Å²) in [5, 5.41) is 3.05. The number of piperazine rings is 1. The lowest BCUT2D eigenvalue weighted by Gasteiger charge is -2.37. The van der Waals surface area contributed by atoms with Crippen molar-refractivity contribution >= 4 is 5.91 Å². The first-order chi connectivity index (χ1) is 13.2. The van der Waals surface area contributed by atoms with Gasteiger partial charge in [-0.2, -0.15) is 0 Å². The molecule has 0 aliphatic carbocycles. The maximum Gasteiger partial charge on any atom is 0.237 e. The first-order valence-corrected chi connectivity index (χ1v) is 9.93. The zero-order chi connectivity index (χ0) is 18.6. The fraction of sp³-hybridized carbons (Fsp3) is 0.650. The van der Waals surface area contributed by atoms with Crippen LogP contribution in [0.2, 0.25) is 0 Å². The van der Waals surface area contributed by atoms with Gasteiger partial charge in [-0.15, -0.1) is 0 Å². The van der Waals surface area contributed by atoms with Crippen molar-refractivity contribution < 1.29 is 19.0 Å². The number of nitrogens with one attached hydrogen (secondary N) is 1. The predicted molar refractivity (Wildman–Crippen MR) is 101 cm³/mol. The van der Waals surface area contributed by atoms with E-state index in [-0.39, 0.29) is 18.1 Å². The third-order valence-corrected chi connectivity index (χ3v) is 5.71. The number of amides is 1. The molecule has 0 spiro atoms. The van der Waals surface area contributed by atoms with E-state index in [1.54, 1.807) is 0 Å². The maximum atomic E-state index is 12.4. The van der Waals surface area contributed by atoms with Gasteiger partial charge in [-0.1, -0.05) is 6.07 Å². The van der Waals surface area contributed by atoms with E-state index in [1.165, 1.54) is 5.56 Å². The molecule has 3 aliphatic rings. The molecule has 3 heterocycles. The highest BCUT2D eigenvalue weighted by Gasteiger charge is 2.26. The van der Waals surface area contributed by atoms with Gasteiger partial charge in [0, 0.05) is 45.9 Å². The van der Waals surface area contributed by atoms with Crippen LogP contribution < -0.4 is 14.8 Å². The van der Waals surface area contributed by atoms with Crippen molar-refractivity contribution in [2.75, 3.05) is 46.1 Å². The van der Waals surface area contributed by atoms with Crippen molar-refractivity contribution in [3.05, 3.63) is 23.8 Å². The molecule has 0 radical (unpaired) electrons. The van der Waals surface area contributed by atoms with Crippen LogP contribution in [0.4, 0.5) is 0 Å². The Balaban J connectivity index is 1.21. The summed E-state index contributed by atoms with van der Waals surface area (Å²) < 4.78 is 16.4. The topological polar surface area (TPSA) is 63.3 Å². The van der Waals surface area contributed by atoms with Crippen molar-refractivity contribution in [1.29, 1.82) is 0 Å². The van der Waals surface area contributed by atoms with Crippen molar-refractivity contribution in [2.45, 2.75) is 38.5 Å². The summed E-state index contributed by atoms with van der Waals surface area (Å²) in [5.41, 5.74) is 1.23. The summed E-state index contributed by atoms with van der Waals surface area (Å²) in [7, 11) is 0. The predicted octanol–water partition coefficient (Wildman–Crippen LogP) is 1.22. The summed E-state index contributed by atoms with van der Waals surface area (Å²) >= 11 is 0. The van der Waals surface area contributed by atoms with Gasteiger partial charge in [0.2, 0.25) is 12.7 Å². The van der Waals surface area contributed by atoms with Crippen LogP contribution >= 0.6 is 0 Å². The quantitative estimate of drug-likeness (QED) is 0.807. The molecular formula is C20H29N3O4. The van der Waals surface area contributed by atoms with E-state index in [9.17, 15) is 4.79 Å². The Kier molecular flexibility index (Phi) is 5.80. The monoisotopic (exact) mass is 375 g/mol. The normalized spacial score (nSPS) is 24.1. The average molecular weight is 375 g/mol. The highest BCUT2D eigenvalue weighted by Crippen LogP contribution is 2.32. The SMILES string of the molecule is CC(C(=O)NCC1CCCO1)N1CCN(Cc2ccc3c(c2)OCO3)CC1. The van der Waals surface area contributed by atoms with Crippen LogP contribution in [0, 0.1) is 0 Å². The number of hydrogen-bond acceptors (Lipinski definition) is 6. The largest absolute Gasteiger partial charge is 0.454 e. The molecule has 1 aromatic rings. The molecule has 2 saturated heterocycles. The minimum absolute atomic E-state index is 0.0981. The highest BCUT2D eigenvalue weighted by molar-refractivity contribution is 5.81. The number of ether oxygens (including phenoxy) is 3. The smallest absolute Gasteiger partial charge is 0.237 e. The Hall–Kier alpha value is -1.83. The number of hydrogen-bond donors (Lipinski definition) is 1. The summed E-state index contributed by atoms with van der Waals surface area (Å²) in [6.45, 7) is 8.37. The fourth-order valence-corrected chi connectivity index (χ4v) is 3.94. The maximum absolute atomic E-state index is 12.4. The van der Waals surface area contributed by atoms with Crippen LogP contribution in [0.15, 0.2) is 18.2 Å². The molecule has 1 amide bonds.